The quantitative estimate of drug-likeness (QED) is 0.628. The Hall–Kier alpha value is -1.61. The van der Waals surface area contributed by atoms with Gasteiger partial charge in [0.15, 0.2) is 0 Å². The Morgan fingerprint density at radius 2 is 2.05 bits per heavy atom. The van der Waals surface area contributed by atoms with Gasteiger partial charge >= 0.3 is 5.97 Å². The van der Waals surface area contributed by atoms with Crippen LogP contribution < -0.4 is 0 Å². The molecule has 0 spiro atoms. The van der Waals surface area contributed by atoms with Gasteiger partial charge in [-0.1, -0.05) is 42.5 Å². The van der Waals surface area contributed by atoms with Crippen molar-refractivity contribution >= 4 is 5.97 Å². The molecule has 1 aliphatic carbocycles. The van der Waals surface area contributed by atoms with Crippen LogP contribution in [0.5, 0.6) is 0 Å². The first kappa shape index (κ1) is 14.3. The van der Waals surface area contributed by atoms with Crippen LogP contribution >= 0.6 is 0 Å². The summed E-state index contributed by atoms with van der Waals surface area (Å²) in [5, 5.41) is 0. The van der Waals surface area contributed by atoms with Gasteiger partial charge in [-0.05, 0) is 32.3 Å². The third kappa shape index (κ3) is 2.62. The van der Waals surface area contributed by atoms with Gasteiger partial charge in [0.25, 0.3) is 0 Å². The van der Waals surface area contributed by atoms with Crippen molar-refractivity contribution in [3.63, 3.8) is 0 Å². The second-order valence-corrected chi connectivity index (χ2v) is 5.92. The maximum Gasteiger partial charge on any atom is 0.323 e. The summed E-state index contributed by atoms with van der Waals surface area (Å²) >= 11 is 0. The molecule has 1 aromatic carbocycles. The second-order valence-electron chi connectivity index (χ2n) is 5.92. The number of ether oxygens (including phenoxy) is 1. The number of carbonyl (C=O) groups is 1. The number of rotatable bonds is 4. The van der Waals surface area contributed by atoms with E-state index in [4.69, 9.17) is 4.74 Å². The first-order valence-electron chi connectivity index (χ1n) is 7.89. The van der Waals surface area contributed by atoms with Crippen LogP contribution in [0.1, 0.15) is 38.3 Å². The van der Waals surface area contributed by atoms with Crippen molar-refractivity contribution in [2.45, 2.75) is 44.8 Å². The molecular formula is C18H23NO2. The average molecular weight is 285 g/mol. The molecule has 3 nitrogen and oxygen atoms in total. The van der Waals surface area contributed by atoms with E-state index >= 15 is 0 Å². The lowest BCUT2D eigenvalue weighted by Crippen LogP contribution is -2.57. The number of hydrogen-bond donors (Lipinski definition) is 0. The SMILES string of the molecule is CCOC(=O)[C@@H]1[C@H]2C=C[C@H](CC2)N1[C@H](C)c1ccccc1. The number of piperidine rings is 1. The highest BCUT2D eigenvalue weighted by Crippen LogP contribution is 2.40. The molecule has 4 rings (SSSR count). The highest BCUT2D eigenvalue weighted by Gasteiger charge is 2.45. The Labute approximate surface area is 126 Å². The lowest BCUT2D eigenvalue weighted by Gasteiger charge is -2.49. The Kier molecular flexibility index (Phi) is 4.11. The molecule has 3 heteroatoms. The van der Waals surface area contributed by atoms with E-state index in [9.17, 15) is 4.79 Å². The number of benzene rings is 1. The molecular weight excluding hydrogens is 262 g/mol. The maximum absolute atomic E-state index is 12.4. The normalized spacial score (nSPS) is 29.3. The minimum Gasteiger partial charge on any atom is -0.465 e. The van der Waals surface area contributed by atoms with Gasteiger partial charge in [0.05, 0.1) is 6.61 Å². The second kappa shape index (κ2) is 6.02. The number of hydrogen-bond acceptors (Lipinski definition) is 3. The fraction of sp³-hybridized carbons (Fsp3) is 0.500. The lowest BCUT2D eigenvalue weighted by molar-refractivity contribution is -0.156. The highest BCUT2D eigenvalue weighted by molar-refractivity contribution is 5.77. The molecule has 2 heterocycles. The van der Waals surface area contributed by atoms with Crippen LogP contribution in [0.4, 0.5) is 0 Å². The van der Waals surface area contributed by atoms with Crippen LogP contribution in [-0.4, -0.2) is 29.6 Å². The molecule has 1 fully saturated rings. The molecule has 21 heavy (non-hydrogen) atoms. The summed E-state index contributed by atoms with van der Waals surface area (Å²) in [5.74, 6) is 0.222. The van der Waals surface area contributed by atoms with Gasteiger partial charge in [0, 0.05) is 18.0 Å². The first-order valence-corrected chi connectivity index (χ1v) is 7.89. The summed E-state index contributed by atoms with van der Waals surface area (Å²) < 4.78 is 5.34. The van der Waals surface area contributed by atoms with E-state index in [1.165, 1.54) is 5.56 Å². The van der Waals surface area contributed by atoms with E-state index in [1.54, 1.807) is 0 Å². The zero-order chi connectivity index (χ0) is 14.8. The molecule has 0 aromatic heterocycles. The minimum atomic E-state index is -0.135. The summed E-state index contributed by atoms with van der Waals surface area (Å²) in [4.78, 5) is 14.8. The molecule has 4 atom stereocenters. The first-order chi connectivity index (χ1) is 10.2. The molecule has 0 N–H and O–H groups in total. The fourth-order valence-corrected chi connectivity index (χ4v) is 3.72. The van der Waals surface area contributed by atoms with Crippen LogP contribution in [0.15, 0.2) is 42.5 Å². The van der Waals surface area contributed by atoms with Gasteiger partial charge in [0.2, 0.25) is 0 Å². The Bertz CT molecular complexity index is 525. The van der Waals surface area contributed by atoms with Crippen LogP contribution in [0.25, 0.3) is 0 Å². The Morgan fingerprint density at radius 1 is 1.29 bits per heavy atom. The third-order valence-electron chi connectivity index (χ3n) is 4.74. The standard InChI is InChI=1S/C18H23NO2/c1-3-21-18(20)17-15-9-11-16(12-10-15)19(17)13(2)14-7-5-4-6-8-14/h4-9,11,13,15-17H,3,10,12H2,1-2H3/t13-,15+,16-,17+/m1/s1. The predicted octanol–water partition coefficient (Wildman–Crippen LogP) is 3.33. The van der Waals surface area contributed by atoms with Crippen molar-refractivity contribution in [1.82, 2.24) is 4.90 Å². The van der Waals surface area contributed by atoms with Crippen molar-refractivity contribution in [1.29, 1.82) is 0 Å². The molecule has 0 radical (unpaired) electrons. The van der Waals surface area contributed by atoms with Crippen molar-refractivity contribution in [3.05, 3.63) is 48.0 Å². The smallest absolute Gasteiger partial charge is 0.323 e. The molecule has 0 unspecified atom stereocenters. The zero-order valence-corrected chi connectivity index (χ0v) is 12.7. The van der Waals surface area contributed by atoms with Gasteiger partial charge in [0.1, 0.15) is 6.04 Å². The summed E-state index contributed by atoms with van der Waals surface area (Å²) in [7, 11) is 0. The maximum atomic E-state index is 12.4. The number of carbonyl (C=O) groups excluding carboxylic acids is 1. The summed E-state index contributed by atoms with van der Waals surface area (Å²) in [6.07, 6.45) is 6.70. The summed E-state index contributed by atoms with van der Waals surface area (Å²) in [6.45, 7) is 4.51. The van der Waals surface area contributed by atoms with E-state index in [1.807, 2.05) is 13.0 Å². The Morgan fingerprint density at radius 3 is 2.67 bits per heavy atom. The molecule has 3 aliphatic rings. The van der Waals surface area contributed by atoms with Crippen LogP contribution in [0, 0.1) is 5.92 Å². The van der Waals surface area contributed by atoms with E-state index in [0.29, 0.717) is 18.6 Å². The molecule has 1 aromatic rings. The Balaban J connectivity index is 1.90. The van der Waals surface area contributed by atoms with Gasteiger partial charge in [-0.15, -0.1) is 0 Å². The van der Waals surface area contributed by atoms with E-state index in [2.05, 4.69) is 48.2 Å². The van der Waals surface area contributed by atoms with Gasteiger partial charge in [-0.3, -0.25) is 9.69 Å². The van der Waals surface area contributed by atoms with Crippen molar-refractivity contribution in [3.8, 4) is 0 Å². The molecule has 1 saturated heterocycles. The molecule has 0 saturated carbocycles. The number of esters is 1. The monoisotopic (exact) mass is 285 g/mol. The molecule has 2 aliphatic heterocycles. The van der Waals surface area contributed by atoms with E-state index < -0.39 is 0 Å². The largest absolute Gasteiger partial charge is 0.465 e. The van der Waals surface area contributed by atoms with Crippen LogP contribution in [0.2, 0.25) is 0 Å². The van der Waals surface area contributed by atoms with E-state index in [-0.39, 0.29) is 18.1 Å². The van der Waals surface area contributed by atoms with Gasteiger partial charge in [-0.25, -0.2) is 0 Å². The summed E-state index contributed by atoms with van der Waals surface area (Å²) in [6, 6.07) is 10.9. The average Bonchev–Trinajstić information content (AvgIpc) is 2.55. The van der Waals surface area contributed by atoms with Crippen LogP contribution in [-0.2, 0) is 9.53 Å². The lowest BCUT2D eigenvalue weighted by atomic mass is 9.78. The minimum absolute atomic E-state index is 0.0701. The third-order valence-corrected chi connectivity index (χ3v) is 4.74. The van der Waals surface area contributed by atoms with Crippen molar-refractivity contribution in [2.24, 2.45) is 5.92 Å². The fourth-order valence-electron chi connectivity index (χ4n) is 3.72. The van der Waals surface area contributed by atoms with Gasteiger partial charge in [-0.2, -0.15) is 0 Å². The van der Waals surface area contributed by atoms with Crippen molar-refractivity contribution in [2.75, 3.05) is 6.61 Å². The van der Waals surface area contributed by atoms with Crippen molar-refractivity contribution < 1.29 is 9.53 Å². The number of fused-ring (bicyclic) bond motifs is 2. The van der Waals surface area contributed by atoms with Crippen LogP contribution in [0.3, 0.4) is 0 Å². The highest BCUT2D eigenvalue weighted by atomic mass is 16.5. The summed E-state index contributed by atoms with van der Waals surface area (Å²) in [5.41, 5.74) is 1.26. The molecule has 2 bridgehead atoms. The van der Waals surface area contributed by atoms with E-state index in [0.717, 1.165) is 12.8 Å². The predicted molar refractivity (Wildman–Crippen MR) is 82.8 cm³/mol. The van der Waals surface area contributed by atoms with Gasteiger partial charge < -0.3 is 4.74 Å². The zero-order valence-electron chi connectivity index (χ0n) is 12.7. The molecule has 0 amide bonds. The number of nitrogens with zero attached hydrogens (tertiary/aromatic N) is 1. The molecule has 112 valence electrons. The topological polar surface area (TPSA) is 29.5 Å².